The standard InChI is InChI=1S/C21H24F6N6O4/c1-2-14(37-15-11-30-31-18(35)17(15)21(25,26)27)12-36-8-3-16(34)32-4-6-33(7-5-32)19-28-9-13(10-29-19)20(22,23)24/h9-11,14H,2-8,12H2,1H3,(H,31,35). The Balaban J connectivity index is 1.43. The third-order valence-electron chi connectivity index (χ3n) is 5.50. The van der Waals surface area contributed by atoms with E-state index in [9.17, 15) is 35.9 Å². The van der Waals surface area contributed by atoms with Crippen molar-refractivity contribution in [2.75, 3.05) is 44.3 Å². The number of hydrogen-bond acceptors (Lipinski definition) is 8. The molecule has 0 aliphatic carbocycles. The van der Waals surface area contributed by atoms with Crippen molar-refractivity contribution in [3.8, 4) is 5.75 Å². The zero-order chi connectivity index (χ0) is 27.2. The normalized spacial score (nSPS) is 15.5. The number of nitrogens with zero attached hydrogens (tertiary/aromatic N) is 5. The molecule has 1 atom stereocenters. The molecule has 3 rings (SSSR count). The van der Waals surface area contributed by atoms with Gasteiger partial charge in [0.25, 0.3) is 5.56 Å². The van der Waals surface area contributed by atoms with E-state index < -0.39 is 40.9 Å². The maximum Gasteiger partial charge on any atom is 0.425 e. The molecule has 0 bridgehead atoms. The van der Waals surface area contributed by atoms with Crippen LogP contribution >= 0.6 is 0 Å². The van der Waals surface area contributed by atoms with Crippen LogP contribution in [0.1, 0.15) is 30.9 Å². The predicted molar refractivity (Wildman–Crippen MR) is 116 cm³/mol. The monoisotopic (exact) mass is 538 g/mol. The summed E-state index contributed by atoms with van der Waals surface area (Å²) in [6, 6.07) is 0. The maximum atomic E-state index is 13.2. The Morgan fingerprint density at radius 1 is 1.05 bits per heavy atom. The molecule has 2 aromatic heterocycles. The number of carbonyl (C=O) groups excluding carboxylic acids is 1. The highest BCUT2D eigenvalue weighted by Gasteiger charge is 2.39. The molecule has 1 N–H and O–H groups in total. The number of amides is 1. The Morgan fingerprint density at radius 3 is 2.27 bits per heavy atom. The fourth-order valence-corrected chi connectivity index (χ4v) is 3.47. The summed E-state index contributed by atoms with van der Waals surface area (Å²) in [4.78, 5) is 34.7. The van der Waals surface area contributed by atoms with Crippen molar-refractivity contribution >= 4 is 11.9 Å². The SMILES string of the molecule is CCC(COCCC(=O)N1CCN(c2ncc(C(F)(F)F)cn2)CC1)Oc1cn[nH]c(=O)c1C(F)(F)F. The van der Waals surface area contributed by atoms with Crippen LogP contribution in [-0.2, 0) is 21.9 Å². The number of hydrogen-bond donors (Lipinski definition) is 1. The van der Waals surface area contributed by atoms with Crippen molar-refractivity contribution in [1.29, 1.82) is 0 Å². The fraction of sp³-hybridized carbons (Fsp3) is 0.571. The van der Waals surface area contributed by atoms with Gasteiger partial charge >= 0.3 is 12.4 Å². The van der Waals surface area contributed by atoms with Crippen molar-refractivity contribution in [2.24, 2.45) is 0 Å². The molecular formula is C21H24F6N6O4. The van der Waals surface area contributed by atoms with Gasteiger partial charge in [-0.1, -0.05) is 6.92 Å². The number of rotatable bonds is 9. The van der Waals surface area contributed by atoms with Crippen LogP contribution in [0.3, 0.4) is 0 Å². The second-order valence-corrected chi connectivity index (χ2v) is 8.05. The van der Waals surface area contributed by atoms with E-state index in [-0.39, 0.29) is 37.9 Å². The molecule has 2 aromatic rings. The molecule has 16 heteroatoms. The van der Waals surface area contributed by atoms with Gasteiger partial charge in [-0.15, -0.1) is 0 Å². The molecule has 1 fully saturated rings. The Kier molecular flexibility index (Phi) is 8.94. The van der Waals surface area contributed by atoms with Crippen LogP contribution in [0.2, 0.25) is 0 Å². The number of H-pyrrole nitrogens is 1. The van der Waals surface area contributed by atoms with E-state index in [0.717, 1.165) is 6.20 Å². The number of anilines is 1. The third-order valence-corrected chi connectivity index (χ3v) is 5.50. The minimum absolute atomic E-state index is 0.00752. The minimum Gasteiger partial charge on any atom is -0.485 e. The number of piperazine rings is 1. The van der Waals surface area contributed by atoms with Crippen molar-refractivity contribution < 1.29 is 40.6 Å². The summed E-state index contributed by atoms with van der Waals surface area (Å²) in [6.45, 7) is 2.80. The van der Waals surface area contributed by atoms with Crippen LogP contribution in [0.5, 0.6) is 5.75 Å². The number of nitrogens with one attached hydrogen (secondary N) is 1. The number of ether oxygens (including phenoxy) is 2. The van der Waals surface area contributed by atoms with Gasteiger partial charge in [0.2, 0.25) is 11.9 Å². The second kappa shape index (κ2) is 11.7. The molecule has 1 unspecified atom stereocenters. The van der Waals surface area contributed by atoms with Crippen molar-refractivity contribution in [3.05, 3.63) is 40.1 Å². The fourth-order valence-electron chi connectivity index (χ4n) is 3.47. The molecule has 0 aromatic carbocycles. The number of aromatic amines is 1. The van der Waals surface area contributed by atoms with Crippen molar-refractivity contribution in [1.82, 2.24) is 25.1 Å². The number of halogens is 6. The van der Waals surface area contributed by atoms with E-state index in [2.05, 4.69) is 15.1 Å². The molecule has 204 valence electrons. The topological polar surface area (TPSA) is 114 Å². The van der Waals surface area contributed by atoms with Crippen LogP contribution in [0.25, 0.3) is 0 Å². The van der Waals surface area contributed by atoms with Crippen LogP contribution in [0, 0.1) is 0 Å². The lowest BCUT2D eigenvalue weighted by molar-refractivity contribution is -0.141. The molecule has 0 radical (unpaired) electrons. The Bertz CT molecular complexity index is 1100. The molecule has 1 aliphatic heterocycles. The average Bonchev–Trinajstić information content (AvgIpc) is 2.84. The summed E-state index contributed by atoms with van der Waals surface area (Å²) in [5.41, 5.74) is -3.86. The number of carbonyl (C=O) groups is 1. The molecule has 1 amide bonds. The van der Waals surface area contributed by atoms with Gasteiger partial charge in [0.05, 0.1) is 31.4 Å². The second-order valence-electron chi connectivity index (χ2n) is 8.05. The molecular weight excluding hydrogens is 514 g/mol. The van der Waals surface area contributed by atoms with Gasteiger partial charge in [0.15, 0.2) is 11.3 Å². The summed E-state index contributed by atoms with van der Waals surface area (Å²) in [7, 11) is 0. The zero-order valence-electron chi connectivity index (χ0n) is 19.6. The molecule has 0 spiro atoms. The van der Waals surface area contributed by atoms with Crippen molar-refractivity contribution in [3.63, 3.8) is 0 Å². The lowest BCUT2D eigenvalue weighted by Gasteiger charge is -2.34. The molecule has 0 saturated carbocycles. The smallest absolute Gasteiger partial charge is 0.425 e. The molecule has 3 heterocycles. The predicted octanol–water partition coefficient (Wildman–Crippen LogP) is 2.51. The van der Waals surface area contributed by atoms with Gasteiger partial charge in [-0.2, -0.15) is 31.4 Å². The first-order chi connectivity index (χ1) is 17.4. The van der Waals surface area contributed by atoms with Gasteiger partial charge in [0, 0.05) is 38.6 Å². The Morgan fingerprint density at radius 2 is 1.70 bits per heavy atom. The first-order valence-electron chi connectivity index (χ1n) is 11.2. The summed E-state index contributed by atoms with van der Waals surface area (Å²) in [5, 5.41) is 5.07. The highest BCUT2D eigenvalue weighted by molar-refractivity contribution is 5.76. The van der Waals surface area contributed by atoms with E-state index in [1.165, 1.54) is 0 Å². The summed E-state index contributed by atoms with van der Waals surface area (Å²) in [6.07, 6.45) is -7.81. The van der Waals surface area contributed by atoms with Crippen LogP contribution in [-0.4, -0.2) is 76.5 Å². The first kappa shape index (κ1) is 28.1. The summed E-state index contributed by atoms with van der Waals surface area (Å²) < 4.78 is 88.2. The highest BCUT2D eigenvalue weighted by atomic mass is 19.4. The molecule has 1 saturated heterocycles. The molecule has 37 heavy (non-hydrogen) atoms. The van der Waals surface area contributed by atoms with Gasteiger partial charge in [0.1, 0.15) is 6.10 Å². The quantitative estimate of drug-likeness (QED) is 0.383. The zero-order valence-corrected chi connectivity index (χ0v) is 19.6. The van der Waals surface area contributed by atoms with Crippen LogP contribution in [0.15, 0.2) is 23.4 Å². The van der Waals surface area contributed by atoms with E-state index in [4.69, 9.17) is 9.47 Å². The van der Waals surface area contributed by atoms with E-state index in [1.807, 2.05) is 0 Å². The minimum atomic E-state index is -4.93. The highest BCUT2D eigenvalue weighted by Crippen LogP contribution is 2.33. The number of alkyl halides is 6. The molecule has 10 nitrogen and oxygen atoms in total. The van der Waals surface area contributed by atoms with Gasteiger partial charge in [-0.25, -0.2) is 15.1 Å². The van der Waals surface area contributed by atoms with E-state index in [0.29, 0.717) is 38.6 Å². The Hall–Kier alpha value is -3.43. The lowest BCUT2D eigenvalue weighted by Crippen LogP contribution is -2.49. The average molecular weight is 538 g/mol. The third kappa shape index (κ3) is 7.53. The van der Waals surface area contributed by atoms with Crippen molar-refractivity contribution in [2.45, 2.75) is 38.2 Å². The van der Waals surface area contributed by atoms with Crippen LogP contribution in [0.4, 0.5) is 32.3 Å². The first-order valence-corrected chi connectivity index (χ1v) is 11.2. The largest absolute Gasteiger partial charge is 0.485 e. The van der Waals surface area contributed by atoms with Crippen LogP contribution < -0.4 is 15.2 Å². The molecule has 1 aliphatic rings. The lowest BCUT2D eigenvalue weighted by atomic mass is 10.2. The van der Waals surface area contributed by atoms with Gasteiger partial charge in [-0.3, -0.25) is 9.59 Å². The van der Waals surface area contributed by atoms with E-state index in [1.54, 1.807) is 21.8 Å². The maximum absolute atomic E-state index is 13.2. The van der Waals surface area contributed by atoms with E-state index >= 15 is 0 Å². The summed E-state index contributed by atoms with van der Waals surface area (Å²) in [5.74, 6) is -0.795. The van der Waals surface area contributed by atoms with Gasteiger partial charge in [-0.05, 0) is 6.42 Å². The number of aromatic nitrogens is 4. The summed E-state index contributed by atoms with van der Waals surface area (Å²) >= 11 is 0. The van der Waals surface area contributed by atoms with Gasteiger partial charge < -0.3 is 19.3 Å². The Labute approximate surface area is 206 Å².